The number of carbonyl (C=O) groups is 1. The lowest BCUT2D eigenvalue weighted by Gasteiger charge is -1.19. The average molecular weight is 61.1 g/mol. The summed E-state index contributed by atoms with van der Waals surface area (Å²) in [6.07, 6.45) is 0. The molecular weight excluding hydrogens is 54.0 g/mol. The second-order valence-electron chi connectivity index (χ2n) is 0. The molecule has 0 aromatic carbocycles. The highest BCUT2D eigenvalue weighted by molar-refractivity contribution is 5.10. The molecule has 0 aliphatic rings. The fourth-order valence-electron chi connectivity index (χ4n) is 0. The van der Waals surface area contributed by atoms with Gasteiger partial charge in [0, 0.05) is 0 Å². The summed E-state index contributed by atoms with van der Waals surface area (Å²) >= 11 is 0. The van der Waals surface area contributed by atoms with Gasteiger partial charge in [-0.05, 0) is 7.05 Å². The van der Waals surface area contributed by atoms with Gasteiger partial charge in [0.15, 0.2) is 0 Å². The van der Waals surface area contributed by atoms with E-state index in [1.807, 2.05) is 6.79 Å². The normalized spacial score (nSPS) is 2.50. The Bertz CT molecular complexity index is 6.00. The summed E-state index contributed by atoms with van der Waals surface area (Å²) < 4.78 is 0. The summed E-state index contributed by atoms with van der Waals surface area (Å²) in [5.41, 5.74) is 4.50. The van der Waals surface area contributed by atoms with Gasteiger partial charge in [-0.1, -0.05) is 0 Å². The highest BCUT2D eigenvalue weighted by atomic mass is 16.1. The summed E-state index contributed by atoms with van der Waals surface area (Å²) in [5.74, 6) is 0. The molecule has 0 spiro atoms. The Labute approximate surface area is 25.6 Å². The Morgan fingerprint density at radius 1 is 1.50 bits per heavy atom. The maximum atomic E-state index is 8.00. The Kier molecular flexibility index (Phi) is 121. The van der Waals surface area contributed by atoms with E-state index in [9.17, 15) is 0 Å². The minimum Gasteiger partial charge on any atom is -0.333 e. The first-order valence-electron chi connectivity index (χ1n) is 0.866. The van der Waals surface area contributed by atoms with Crippen molar-refractivity contribution in [1.82, 2.24) is 0 Å². The number of nitrogens with two attached hydrogens (primary N) is 1. The molecule has 0 aliphatic carbocycles. The van der Waals surface area contributed by atoms with Gasteiger partial charge in [0.05, 0.1) is 0 Å². The number of hydrogen-bond donors (Lipinski definition) is 1. The van der Waals surface area contributed by atoms with Crippen molar-refractivity contribution in [2.45, 2.75) is 0 Å². The largest absolute Gasteiger partial charge is 0.333 e. The maximum Gasteiger partial charge on any atom is 0.106 e. The molecule has 0 aromatic rings. The smallest absolute Gasteiger partial charge is 0.106 e. The quantitative estimate of drug-likeness (QED) is 0.406. The van der Waals surface area contributed by atoms with Crippen LogP contribution in [0.25, 0.3) is 0 Å². The van der Waals surface area contributed by atoms with Gasteiger partial charge in [-0.3, -0.25) is 0 Å². The third-order valence-corrected chi connectivity index (χ3v) is 0. The third kappa shape index (κ3) is 4.73. The molecule has 0 atom stereocenters. The predicted octanol–water partition coefficient (Wildman–Crippen LogP) is -0.610. The third-order valence-electron chi connectivity index (χ3n) is 0. The molecule has 0 saturated carbocycles. The summed E-state index contributed by atoms with van der Waals surface area (Å²) in [4.78, 5) is 8.00. The molecule has 0 fully saturated rings. The Hall–Kier alpha value is -0.370. The van der Waals surface area contributed by atoms with Crippen LogP contribution in [0.3, 0.4) is 0 Å². The first-order valence-corrected chi connectivity index (χ1v) is 0.866. The van der Waals surface area contributed by atoms with E-state index >= 15 is 0 Å². The van der Waals surface area contributed by atoms with Gasteiger partial charge in [0.2, 0.25) is 0 Å². The summed E-state index contributed by atoms with van der Waals surface area (Å²) in [6.45, 7) is 2.00. The lowest BCUT2D eigenvalue weighted by molar-refractivity contribution is -0.0979. The zero-order valence-electron chi connectivity index (χ0n) is 2.69. The second kappa shape index (κ2) is 51.0. The molecule has 0 unspecified atom stereocenters. The van der Waals surface area contributed by atoms with E-state index in [0.717, 1.165) is 0 Å². The fraction of sp³-hybridized carbons (Fsp3) is 0.500. The monoisotopic (exact) mass is 61.1 g/mol. The van der Waals surface area contributed by atoms with Crippen molar-refractivity contribution < 1.29 is 4.79 Å². The predicted molar refractivity (Wildman–Crippen MR) is 17.2 cm³/mol. The number of rotatable bonds is 0. The number of carbonyl (C=O) groups excluding carboxylic acids is 1. The van der Waals surface area contributed by atoms with Crippen LogP contribution in [-0.4, -0.2) is 13.8 Å². The van der Waals surface area contributed by atoms with Crippen molar-refractivity contribution in [3.63, 3.8) is 0 Å². The topological polar surface area (TPSA) is 43.1 Å². The van der Waals surface area contributed by atoms with Crippen molar-refractivity contribution >= 4 is 6.79 Å². The highest BCUT2D eigenvalue weighted by Crippen LogP contribution is 0.495. The molecule has 0 aromatic heterocycles. The Morgan fingerprint density at radius 3 is 1.50 bits per heavy atom. The molecule has 0 rings (SSSR count). The SMILES string of the molecule is C=O.CN. The standard InChI is InChI=1S/CH5N.CH2O/c2*1-2/h2H2,1H3;1H2. The molecule has 26 valence electrons. The van der Waals surface area contributed by atoms with E-state index in [-0.39, 0.29) is 0 Å². The van der Waals surface area contributed by atoms with Crippen LogP contribution in [0.15, 0.2) is 0 Å². The van der Waals surface area contributed by atoms with Crippen molar-refractivity contribution in [1.29, 1.82) is 0 Å². The van der Waals surface area contributed by atoms with Gasteiger partial charge in [0.25, 0.3) is 0 Å². The molecular formula is C2H7NO. The molecule has 4 heavy (non-hydrogen) atoms. The van der Waals surface area contributed by atoms with E-state index in [1.54, 1.807) is 0 Å². The lowest BCUT2D eigenvalue weighted by Crippen LogP contribution is -1.69. The van der Waals surface area contributed by atoms with Crippen molar-refractivity contribution in [3.8, 4) is 0 Å². The van der Waals surface area contributed by atoms with E-state index in [2.05, 4.69) is 5.73 Å². The zero-order chi connectivity index (χ0) is 4.00. The Balaban J connectivity index is 0. The minimum absolute atomic E-state index is 1.50. The maximum absolute atomic E-state index is 8.00. The molecule has 0 saturated heterocycles. The van der Waals surface area contributed by atoms with Gasteiger partial charge in [0.1, 0.15) is 6.79 Å². The minimum atomic E-state index is 1.50. The van der Waals surface area contributed by atoms with Gasteiger partial charge >= 0.3 is 0 Å². The van der Waals surface area contributed by atoms with Gasteiger partial charge < -0.3 is 10.5 Å². The van der Waals surface area contributed by atoms with Crippen LogP contribution in [0.4, 0.5) is 0 Å². The highest BCUT2D eigenvalue weighted by Gasteiger charge is 0.836. The molecule has 2 nitrogen and oxygen atoms in total. The summed E-state index contributed by atoms with van der Waals surface area (Å²) in [7, 11) is 1.50. The molecule has 2 N–H and O–H groups in total. The van der Waals surface area contributed by atoms with Crippen LogP contribution in [0, 0.1) is 0 Å². The van der Waals surface area contributed by atoms with E-state index < -0.39 is 0 Å². The molecule has 0 heterocycles. The van der Waals surface area contributed by atoms with Crippen molar-refractivity contribution in [2.75, 3.05) is 7.05 Å². The van der Waals surface area contributed by atoms with Crippen LogP contribution < -0.4 is 5.73 Å². The van der Waals surface area contributed by atoms with Gasteiger partial charge in [-0.25, -0.2) is 0 Å². The first kappa shape index (κ1) is 9.45. The molecule has 0 radical (unpaired) electrons. The summed E-state index contributed by atoms with van der Waals surface area (Å²) in [6, 6.07) is 0. The van der Waals surface area contributed by atoms with Crippen LogP contribution in [0.1, 0.15) is 0 Å². The zero-order valence-corrected chi connectivity index (χ0v) is 2.69. The van der Waals surface area contributed by atoms with Crippen molar-refractivity contribution in [3.05, 3.63) is 0 Å². The lowest BCUT2D eigenvalue weighted by atomic mass is 11.6. The van der Waals surface area contributed by atoms with E-state index in [0.29, 0.717) is 0 Å². The molecule has 0 amide bonds. The first-order chi connectivity index (χ1) is 2.00. The van der Waals surface area contributed by atoms with Gasteiger partial charge in [-0.15, -0.1) is 0 Å². The van der Waals surface area contributed by atoms with Gasteiger partial charge in [-0.2, -0.15) is 0 Å². The average Bonchev–Trinajstić information content (AvgIpc) is 1.50. The van der Waals surface area contributed by atoms with Crippen LogP contribution >= 0.6 is 0 Å². The van der Waals surface area contributed by atoms with Crippen LogP contribution in [0.5, 0.6) is 0 Å². The summed E-state index contributed by atoms with van der Waals surface area (Å²) in [5, 5.41) is 0. The molecule has 0 aliphatic heterocycles. The van der Waals surface area contributed by atoms with E-state index in [4.69, 9.17) is 4.79 Å². The Morgan fingerprint density at radius 2 is 1.50 bits per heavy atom. The van der Waals surface area contributed by atoms with E-state index in [1.165, 1.54) is 7.05 Å². The fourth-order valence-corrected chi connectivity index (χ4v) is 0. The van der Waals surface area contributed by atoms with Crippen LogP contribution in [-0.2, 0) is 4.79 Å². The molecule has 0 bridgehead atoms. The van der Waals surface area contributed by atoms with Crippen molar-refractivity contribution in [2.24, 2.45) is 5.73 Å². The molecule has 2 heteroatoms. The number of hydrogen-bond acceptors (Lipinski definition) is 2. The van der Waals surface area contributed by atoms with Crippen LogP contribution in [0.2, 0.25) is 0 Å². The second-order valence-corrected chi connectivity index (χ2v) is 0.